The van der Waals surface area contributed by atoms with E-state index < -0.39 is 15.9 Å². The number of amides is 2. The molecule has 130 valence electrons. The van der Waals surface area contributed by atoms with Crippen molar-refractivity contribution in [3.05, 3.63) is 0 Å². The number of carbonyl (C=O) groups excluding carboxylic acids is 2. The van der Waals surface area contributed by atoms with Crippen molar-refractivity contribution in [2.75, 3.05) is 37.5 Å². The summed E-state index contributed by atoms with van der Waals surface area (Å²) in [6.45, 7) is 2.29. The van der Waals surface area contributed by atoms with E-state index in [0.717, 1.165) is 28.3 Å². The van der Waals surface area contributed by atoms with Crippen LogP contribution < -0.4 is 10.6 Å². The van der Waals surface area contributed by atoms with Gasteiger partial charge in [0, 0.05) is 13.6 Å². The van der Waals surface area contributed by atoms with Crippen molar-refractivity contribution >= 4 is 50.1 Å². The van der Waals surface area contributed by atoms with Crippen molar-refractivity contribution in [3.63, 3.8) is 0 Å². The fourth-order valence-corrected chi connectivity index (χ4v) is 3.19. The van der Waals surface area contributed by atoms with E-state index >= 15 is 0 Å². The molecule has 0 spiro atoms. The first-order chi connectivity index (χ1) is 10.7. The van der Waals surface area contributed by atoms with Crippen molar-refractivity contribution < 1.29 is 18.0 Å². The van der Waals surface area contributed by atoms with Gasteiger partial charge in [-0.1, -0.05) is 30.0 Å². The van der Waals surface area contributed by atoms with Gasteiger partial charge in [0.25, 0.3) is 0 Å². The predicted molar refractivity (Wildman–Crippen MR) is 90.0 cm³/mol. The van der Waals surface area contributed by atoms with Gasteiger partial charge in [0.2, 0.25) is 27.0 Å². The van der Waals surface area contributed by atoms with Crippen molar-refractivity contribution in [3.8, 4) is 0 Å². The number of sulfonamides is 1. The average Bonchev–Trinajstić information content (AvgIpc) is 2.89. The van der Waals surface area contributed by atoms with E-state index in [1.165, 1.54) is 18.8 Å². The Morgan fingerprint density at radius 3 is 2.61 bits per heavy atom. The van der Waals surface area contributed by atoms with Crippen LogP contribution in [-0.4, -0.2) is 66.9 Å². The molecule has 0 aliphatic carbocycles. The SMILES string of the molecule is CCCNC(=O)CSc1nnc(NC(=O)CN(C)S(C)(=O)=O)s1. The van der Waals surface area contributed by atoms with Gasteiger partial charge in [0.1, 0.15) is 0 Å². The molecule has 2 amide bonds. The summed E-state index contributed by atoms with van der Waals surface area (Å²) in [6.07, 6.45) is 1.89. The Bertz CT molecular complexity index is 646. The Hall–Kier alpha value is -1.24. The van der Waals surface area contributed by atoms with Crippen LogP contribution in [0.5, 0.6) is 0 Å². The number of rotatable bonds is 9. The number of aromatic nitrogens is 2. The van der Waals surface area contributed by atoms with Gasteiger partial charge in [-0.3, -0.25) is 14.9 Å². The summed E-state index contributed by atoms with van der Waals surface area (Å²) in [5.41, 5.74) is 0. The van der Waals surface area contributed by atoms with E-state index in [-0.39, 0.29) is 23.3 Å². The number of hydrogen-bond donors (Lipinski definition) is 2. The molecule has 0 saturated heterocycles. The molecule has 1 heterocycles. The molecule has 9 nitrogen and oxygen atoms in total. The minimum absolute atomic E-state index is 0.0904. The van der Waals surface area contributed by atoms with Crippen molar-refractivity contribution in [1.82, 2.24) is 19.8 Å². The Labute approximate surface area is 143 Å². The van der Waals surface area contributed by atoms with Crippen LogP contribution in [0, 0.1) is 0 Å². The summed E-state index contributed by atoms with van der Waals surface area (Å²) in [5.74, 6) is -0.377. The summed E-state index contributed by atoms with van der Waals surface area (Å²) >= 11 is 2.34. The van der Waals surface area contributed by atoms with Gasteiger partial charge in [0.15, 0.2) is 4.34 Å². The molecule has 0 unspecified atom stereocenters. The first-order valence-electron chi connectivity index (χ1n) is 6.66. The average molecular weight is 382 g/mol. The van der Waals surface area contributed by atoms with Gasteiger partial charge in [-0.15, -0.1) is 10.2 Å². The topological polar surface area (TPSA) is 121 Å². The van der Waals surface area contributed by atoms with Gasteiger partial charge in [-0.05, 0) is 6.42 Å². The zero-order valence-corrected chi connectivity index (χ0v) is 15.5. The third-order valence-corrected chi connectivity index (χ3v) is 5.72. The summed E-state index contributed by atoms with van der Waals surface area (Å²) in [4.78, 5) is 23.2. The van der Waals surface area contributed by atoms with Crippen molar-refractivity contribution in [2.45, 2.75) is 17.7 Å². The van der Waals surface area contributed by atoms with Crippen LogP contribution in [0.2, 0.25) is 0 Å². The lowest BCUT2D eigenvalue weighted by molar-refractivity contribution is -0.118. The molecular formula is C11H19N5O4S3. The molecule has 2 N–H and O–H groups in total. The van der Waals surface area contributed by atoms with Crippen LogP contribution in [0.3, 0.4) is 0 Å². The second kappa shape index (κ2) is 9.15. The van der Waals surface area contributed by atoms with Gasteiger partial charge in [-0.25, -0.2) is 8.42 Å². The predicted octanol–water partition coefficient (Wildman–Crippen LogP) is -0.0137. The highest BCUT2D eigenvalue weighted by molar-refractivity contribution is 8.01. The molecule has 12 heteroatoms. The molecule has 23 heavy (non-hydrogen) atoms. The Kier molecular flexibility index (Phi) is 7.88. The van der Waals surface area contributed by atoms with Crippen LogP contribution in [-0.2, 0) is 19.6 Å². The number of hydrogen-bond acceptors (Lipinski definition) is 8. The van der Waals surface area contributed by atoms with Crippen LogP contribution in [0.15, 0.2) is 4.34 Å². The third-order valence-electron chi connectivity index (χ3n) is 2.48. The van der Waals surface area contributed by atoms with Crippen LogP contribution >= 0.6 is 23.1 Å². The van der Waals surface area contributed by atoms with Crippen LogP contribution in [0.1, 0.15) is 13.3 Å². The largest absolute Gasteiger partial charge is 0.355 e. The first kappa shape index (κ1) is 19.8. The second-order valence-electron chi connectivity index (χ2n) is 4.58. The van der Waals surface area contributed by atoms with Crippen molar-refractivity contribution in [1.29, 1.82) is 0 Å². The van der Waals surface area contributed by atoms with Gasteiger partial charge < -0.3 is 5.32 Å². The molecule has 0 saturated carbocycles. The summed E-state index contributed by atoms with van der Waals surface area (Å²) in [5, 5.41) is 13.1. The first-order valence-corrected chi connectivity index (χ1v) is 10.3. The Morgan fingerprint density at radius 1 is 1.30 bits per heavy atom. The summed E-state index contributed by atoms with van der Waals surface area (Å²) in [7, 11) is -2.11. The lowest BCUT2D eigenvalue weighted by Crippen LogP contribution is -2.34. The maximum atomic E-state index is 11.7. The molecule has 1 aromatic rings. The quantitative estimate of drug-likeness (QED) is 0.455. The molecule has 0 aromatic carbocycles. The minimum atomic E-state index is -3.42. The number of carbonyl (C=O) groups is 2. The monoisotopic (exact) mass is 381 g/mol. The molecule has 0 aliphatic heterocycles. The van der Waals surface area contributed by atoms with E-state index in [4.69, 9.17) is 0 Å². The third kappa shape index (κ3) is 7.72. The molecule has 0 atom stereocenters. The number of anilines is 1. The highest BCUT2D eigenvalue weighted by Crippen LogP contribution is 2.25. The van der Waals surface area contributed by atoms with E-state index in [2.05, 4.69) is 20.8 Å². The molecule has 1 rings (SSSR count). The number of likely N-dealkylation sites (N-methyl/N-ethyl adjacent to an activating group) is 1. The van der Waals surface area contributed by atoms with E-state index in [1.54, 1.807) is 0 Å². The second-order valence-corrected chi connectivity index (χ2v) is 8.87. The maximum absolute atomic E-state index is 11.7. The zero-order valence-electron chi connectivity index (χ0n) is 13.0. The van der Waals surface area contributed by atoms with Gasteiger partial charge in [-0.2, -0.15) is 4.31 Å². The number of nitrogens with one attached hydrogen (secondary N) is 2. The van der Waals surface area contributed by atoms with Gasteiger partial charge >= 0.3 is 0 Å². The van der Waals surface area contributed by atoms with E-state index in [9.17, 15) is 18.0 Å². The Balaban J connectivity index is 2.44. The lowest BCUT2D eigenvalue weighted by Gasteiger charge is -2.12. The fraction of sp³-hybridized carbons (Fsp3) is 0.636. The highest BCUT2D eigenvalue weighted by atomic mass is 32.2. The molecule has 0 radical (unpaired) electrons. The van der Waals surface area contributed by atoms with E-state index in [1.807, 2.05) is 6.92 Å². The van der Waals surface area contributed by atoms with E-state index in [0.29, 0.717) is 10.9 Å². The molecule has 0 fully saturated rings. The molecule has 1 aromatic heterocycles. The normalized spacial score (nSPS) is 11.5. The standard InChI is InChI=1S/C11H19N5O4S3/c1-4-5-12-9(18)7-21-11-15-14-10(22-11)13-8(17)6-16(2)23(3,19)20/h4-7H2,1-3H3,(H,12,18)(H,13,14,17). The van der Waals surface area contributed by atoms with Crippen LogP contribution in [0.4, 0.5) is 5.13 Å². The summed E-state index contributed by atoms with van der Waals surface area (Å²) in [6, 6.07) is 0. The Morgan fingerprint density at radius 2 is 2.00 bits per heavy atom. The zero-order chi connectivity index (χ0) is 17.5. The molecule has 0 aliphatic rings. The van der Waals surface area contributed by atoms with Crippen molar-refractivity contribution in [2.24, 2.45) is 0 Å². The highest BCUT2D eigenvalue weighted by Gasteiger charge is 2.16. The van der Waals surface area contributed by atoms with Crippen LogP contribution in [0.25, 0.3) is 0 Å². The fourth-order valence-electron chi connectivity index (χ4n) is 1.24. The lowest BCUT2D eigenvalue weighted by atomic mass is 10.5. The smallest absolute Gasteiger partial charge is 0.241 e. The number of thioether (sulfide) groups is 1. The van der Waals surface area contributed by atoms with Gasteiger partial charge in [0.05, 0.1) is 18.6 Å². The molecule has 0 bridgehead atoms. The molecular weight excluding hydrogens is 362 g/mol. The number of nitrogens with zero attached hydrogens (tertiary/aromatic N) is 3. The summed E-state index contributed by atoms with van der Waals surface area (Å²) < 4.78 is 23.9. The maximum Gasteiger partial charge on any atom is 0.241 e. The minimum Gasteiger partial charge on any atom is -0.355 e.